The summed E-state index contributed by atoms with van der Waals surface area (Å²) in [5, 5.41) is 7.82. The lowest BCUT2D eigenvalue weighted by Gasteiger charge is -2.21. The van der Waals surface area contributed by atoms with Gasteiger partial charge in [-0.05, 0) is 24.6 Å². The van der Waals surface area contributed by atoms with Crippen molar-refractivity contribution in [2.45, 2.75) is 32.2 Å². The zero-order valence-electron chi connectivity index (χ0n) is 15.8. The molecule has 0 atom stereocenters. The van der Waals surface area contributed by atoms with E-state index in [1.807, 2.05) is 0 Å². The number of benzene rings is 1. The molecule has 0 aliphatic rings. The van der Waals surface area contributed by atoms with Crippen molar-refractivity contribution < 1.29 is 13.2 Å². The summed E-state index contributed by atoms with van der Waals surface area (Å²) in [5.74, 6) is -0.259. The van der Waals surface area contributed by atoms with Gasteiger partial charge in [-0.1, -0.05) is 25.1 Å². The van der Waals surface area contributed by atoms with E-state index in [1.54, 1.807) is 57.9 Å². The van der Waals surface area contributed by atoms with Crippen LogP contribution in [0.2, 0.25) is 0 Å². The fourth-order valence-electron chi connectivity index (χ4n) is 2.69. The van der Waals surface area contributed by atoms with Gasteiger partial charge in [-0.15, -0.1) is 5.10 Å². The van der Waals surface area contributed by atoms with Gasteiger partial charge in [-0.25, -0.2) is 8.42 Å². The number of rotatable bonds is 7. The Balaban J connectivity index is 2.32. The van der Waals surface area contributed by atoms with Crippen LogP contribution >= 0.6 is 0 Å². The third-order valence-electron chi connectivity index (χ3n) is 4.18. The molecule has 0 unspecified atom stereocenters. The lowest BCUT2D eigenvalue weighted by Crippen LogP contribution is -2.31. The second-order valence-electron chi connectivity index (χ2n) is 6.11. The molecule has 0 radical (unpaired) electrons. The highest BCUT2D eigenvalue weighted by molar-refractivity contribution is 7.89. The smallest absolute Gasteiger partial charge is 0.254 e. The van der Waals surface area contributed by atoms with E-state index in [-0.39, 0.29) is 10.8 Å². The monoisotopic (exact) mass is 379 g/mol. The molecule has 1 aromatic heterocycles. The van der Waals surface area contributed by atoms with Gasteiger partial charge in [0.25, 0.3) is 5.91 Å². The van der Waals surface area contributed by atoms with E-state index < -0.39 is 10.0 Å². The van der Waals surface area contributed by atoms with Gasteiger partial charge >= 0.3 is 0 Å². The molecule has 0 aliphatic heterocycles. The molecule has 0 saturated carbocycles. The van der Waals surface area contributed by atoms with E-state index in [2.05, 4.69) is 10.3 Å². The largest absolute Gasteiger partial charge is 0.336 e. The molecule has 2 rings (SSSR count). The number of hydrogen-bond donors (Lipinski definition) is 0. The number of carbonyl (C=O) groups is 1. The SMILES string of the molecule is CCN(CC)S(=O)(=O)c1ccc(C)c(C(=O)N(C)Cc2cn(C)nn2)c1. The first-order valence-electron chi connectivity index (χ1n) is 8.42. The molecule has 0 fully saturated rings. The quantitative estimate of drug-likeness (QED) is 0.726. The van der Waals surface area contributed by atoms with Crippen molar-refractivity contribution >= 4 is 15.9 Å². The van der Waals surface area contributed by atoms with Gasteiger partial charge in [0.15, 0.2) is 0 Å². The summed E-state index contributed by atoms with van der Waals surface area (Å²) in [6.07, 6.45) is 1.73. The molecule has 0 bridgehead atoms. The third kappa shape index (κ3) is 4.10. The van der Waals surface area contributed by atoms with Gasteiger partial charge in [-0.2, -0.15) is 4.31 Å². The Kier molecular flexibility index (Phi) is 6.14. The van der Waals surface area contributed by atoms with Crippen molar-refractivity contribution in [3.63, 3.8) is 0 Å². The van der Waals surface area contributed by atoms with Gasteiger partial charge in [0, 0.05) is 38.9 Å². The van der Waals surface area contributed by atoms with Gasteiger partial charge < -0.3 is 4.90 Å². The number of nitrogens with zero attached hydrogens (tertiary/aromatic N) is 5. The normalized spacial score (nSPS) is 11.8. The minimum absolute atomic E-state index is 0.128. The van der Waals surface area contributed by atoms with E-state index in [0.29, 0.717) is 30.9 Å². The van der Waals surface area contributed by atoms with Crippen LogP contribution in [0.5, 0.6) is 0 Å². The number of sulfonamides is 1. The van der Waals surface area contributed by atoms with Crippen molar-refractivity contribution in [1.82, 2.24) is 24.2 Å². The Hall–Kier alpha value is -2.26. The lowest BCUT2D eigenvalue weighted by atomic mass is 10.1. The van der Waals surface area contributed by atoms with Crippen LogP contribution in [-0.4, -0.2) is 58.7 Å². The lowest BCUT2D eigenvalue weighted by molar-refractivity contribution is 0.0782. The van der Waals surface area contributed by atoms with Gasteiger partial charge in [0.2, 0.25) is 10.0 Å². The molecule has 1 heterocycles. The third-order valence-corrected chi connectivity index (χ3v) is 6.22. The Bertz CT molecular complexity index is 888. The van der Waals surface area contributed by atoms with Crippen molar-refractivity contribution in [3.8, 4) is 0 Å². The summed E-state index contributed by atoms with van der Waals surface area (Å²) in [5.41, 5.74) is 1.75. The Morgan fingerprint density at radius 2 is 1.88 bits per heavy atom. The van der Waals surface area contributed by atoms with Crippen molar-refractivity contribution in [3.05, 3.63) is 41.2 Å². The zero-order chi connectivity index (χ0) is 19.5. The van der Waals surface area contributed by atoms with Crippen LogP contribution in [0.4, 0.5) is 0 Å². The van der Waals surface area contributed by atoms with Gasteiger partial charge in [-0.3, -0.25) is 9.48 Å². The van der Waals surface area contributed by atoms with E-state index in [4.69, 9.17) is 0 Å². The summed E-state index contributed by atoms with van der Waals surface area (Å²) in [4.78, 5) is 14.5. The van der Waals surface area contributed by atoms with E-state index in [9.17, 15) is 13.2 Å². The van der Waals surface area contributed by atoms with Crippen molar-refractivity contribution in [2.75, 3.05) is 20.1 Å². The first-order chi connectivity index (χ1) is 12.2. The van der Waals surface area contributed by atoms with Crippen LogP contribution in [0.15, 0.2) is 29.3 Å². The molecule has 0 N–H and O–H groups in total. The Labute approximate surface area is 154 Å². The van der Waals surface area contributed by atoms with E-state index in [0.717, 1.165) is 5.56 Å². The number of amides is 1. The highest BCUT2D eigenvalue weighted by Gasteiger charge is 2.24. The first kappa shape index (κ1) is 20.1. The van der Waals surface area contributed by atoms with Crippen LogP contribution in [0, 0.1) is 6.92 Å². The number of aromatic nitrogens is 3. The molecule has 0 saturated heterocycles. The molecule has 0 spiro atoms. The topological polar surface area (TPSA) is 88.4 Å². The molecule has 2 aromatic rings. The van der Waals surface area contributed by atoms with E-state index >= 15 is 0 Å². The zero-order valence-corrected chi connectivity index (χ0v) is 16.6. The summed E-state index contributed by atoms with van der Waals surface area (Å²) in [7, 11) is -0.210. The predicted molar refractivity (Wildman–Crippen MR) is 98.1 cm³/mol. The minimum Gasteiger partial charge on any atom is -0.336 e. The molecular weight excluding hydrogens is 354 g/mol. The average Bonchev–Trinajstić information content (AvgIpc) is 3.00. The fourth-order valence-corrected chi connectivity index (χ4v) is 4.18. The molecular formula is C17H25N5O3S. The summed E-state index contributed by atoms with van der Waals surface area (Å²) < 4.78 is 28.4. The predicted octanol–water partition coefficient (Wildman–Crippen LogP) is 1.43. The molecule has 1 amide bonds. The minimum atomic E-state index is -3.62. The molecule has 26 heavy (non-hydrogen) atoms. The maximum atomic E-state index is 12.8. The summed E-state index contributed by atoms with van der Waals surface area (Å²) in [6.45, 7) is 6.41. The van der Waals surface area contributed by atoms with E-state index in [1.165, 1.54) is 15.3 Å². The second kappa shape index (κ2) is 7.96. The van der Waals surface area contributed by atoms with Gasteiger partial charge in [0.1, 0.15) is 5.69 Å². The number of aryl methyl sites for hydroxylation is 2. The number of carbonyl (C=O) groups excluding carboxylic acids is 1. The first-order valence-corrected chi connectivity index (χ1v) is 9.86. The number of hydrogen-bond acceptors (Lipinski definition) is 5. The molecule has 8 nitrogen and oxygen atoms in total. The molecule has 0 aliphatic carbocycles. The average molecular weight is 379 g/mol. The Morgan fingerprint density at radius 1 is 1.23 bits per heavy atom. The maximum Gasteiger partial charge on any atom is 0.254 e. The maximum absolute atomic E-state index is 12.8. The molecule has 1 aromatic carbocycles. The van der Waals surface area contributed by atoms with Crippen LogP contribution in [0.25, 0.3) is 0 Å². The van der Waals surface area contributed by atoms with Crippen LogP contribution < -0.4 is 0 Å². The van der Waals surface area contributed by atoms with Crippen LogP contribution in [0.1, 0.15) is 35.5 Å². The van der Waals surface area contributed by atoms with Crippen molar-refractivity contribution in [2.24, 2.45) is 7.05 Å². The Morgan fingerprint density at radius 3 is 2.42 bits per heavy atom. The van der Waals surface area contributed by atoms with Gasteiger partial charge in [0.05, 0.1) is 11.4 Å². The van der Waals surface area contributed by atoms with Crippen LogP contribution in [-0.2, 0) is 23.6 Å². The second-order valence-corrected chi connectivity index (χ2v) is 8.05. The highest BCUT2D eigenvalue weighted by atomic mass is 32.2. The van der Waals surface area contributed by atoms with Crippen molar-refractivity contribution in [1.29, 1.82) is 0 Å². The molecule has 142 valence electrons. The fraction of sp³-hybridized carbons (Fsp3) is 0.471. The highest BCUT2D eigenvalue weighted by Crippen LogP contribution is 2.21. The van der Waals surface area contributed by atoms with Crippen LogP contribution in [0.3, 0.4) is 0 Å². The molecule has 9 heteroatoms. The summed E-state index contributed by atoms with van der Waals surface area (Å²) in [6, 6.07) is 4.67. The summed E-state index contributed by atoms with van der Waals surface area (Å²) >= 11 is 0. The standard InChI is InChI=1S/C17H25N5O3S/c1-6-22(7-2)26(24,25)15-9-8-13(3)16(10-15)17(23)20(4)11-14-12-21(5)19-18-14/h8-10,12H,6-7,11H2,1-5H3.